The lowest BCUT2D eigenvalue weighted by Gasteiger charge is -2.31. The van der Waals surface area contributed by atoms with Gasteiger partial charge in [-0.3, -0.25) is 14.9 Å². The molecule has 2 aromatic heterocycles. The van der Waals surface area contributed by atoms with Crippen molar-refractivity contribution in [2.45, 2.75) is 38.5 Å². The maximum atomic E-state index is 13.3. The lowest BCUT2D eigenvalue weighted by Crippen LogP contribution is -2.44. The molecule has 0 spiro atoms. The molecular formula is C25H27N5O6. The van der Waals surface area contributed by atoms with Crippen LogP contribution in [0.5, 0.6) is 0 Å². The minimum atomic E-state index is -1.90. The molecule has 0 fully saturated rings. The maximum absolute atomic E-state index is 13.3. The summed E-state index contributed by atoms with van der Waals surface area (Å²) in [6, 6.07) is 6.42. The molecule has 188 valence electrons. The largest absolute Gasteiger partial charge is 0.458 e. The Bertz CT molecular complexity index is 1480. The summed E-state index contributed by atoms with van der Waals surface area (Å²) >= 11 is 0. The number of nitro groups is 1. The van der Waals surface area contributed by atoms with Crippen LogP contribution >= 0.6 is 0 Å². The molecule has 0 unspecified atom stereocenters. The number of benzene rings is 1. The molecule has 0 saturated heterocycles. The number of nitro benzene ring substituents is 1. The predicted octanol–water partition coefficient (Wildman–Crippen LogP) is 2.35. The maximum Gasteiger partial charge on any atom is 0.343 e. The number of fused-ring (bicyclic) bond motifs is 5. The Kier molecular flexibility index (Phi) is 5.76. The molecule has 2 N–H and O–H groups in total. The molecule has 5 rings (SSSR count). The van der Waals surface area contributed by atoms with Crippen molar-refractivity contribution in [2.75, 3.05) is 32.5 Å². The summed E-state index contributed by atoms with van der Waals surface area (Å²) in [6.45, 7) is 3.14. The number of carbonyl (C=O) groups is 1. The van der Waals surface area contributed by atoms with Crippen LogP contribution in [0.1, 0.15) is 36.5 Å². The normalized spacial score (nSPS) is 18.1. The standard InChI is InChI=1S/C25H27N5O6/c1-4-25(33)18-11-20-22-15(12-29(20)23(31)17(18)13-36-24(25)32)8-14-9-16(30(34)35)10-19(21(14)27-22)26-6-5-7-28(2)3/h8-11,26,33H,4-7,12-13H2,1-3H3/t25-/m0/s1. The van der Waals surface area contributed by atoms with Crippen molar-refractivity contribution in [3.63, 3.8) is 0 Å². The number of pyridine rings is 2. The molecule has 0 bridgehead atoms. The molecule has 0 aliphatic carbocycles. The van der Waals surface area contributed by atoms with Crippen molar-refractivity contribution in [1.82, 2.24) is 14.5 Å². The monoisotopic (exact) mass is 493 g/mol. The molecule has 1 aromatic carbocycles. The topological polar surface area (TPSA) is 140 Å². The van der Waals surface area contributed by atoms with Crippen molar-refractivity contribution in [1.29, 1.82) is 0 Å². The number of hydrogen-bond donors (Lipinski definition) is 2. The Morgan fingerprint density at radius 2 is 2.06 bits per heavy atom. The number of non-ortho nitro benzene ring substituents is 1. The van der Waals surface area contributed by atoms with E-state index in [2.05, 4.69) is 10.2 Å². The number of esters is 1. The fourth-order valence-electron chi connectivity index (χ4n) is 4.94. The summed E-state index contributed by atoms with van der Waals surface area (Å²) in [5.41, 5.74) is 1.05. The smallest absolute Gasteiger partial charge is 0.343 e. The zero-order valence-electron chi connectivity index (χ0n) is 20.3. The molecule has 4 heterocycles. The highest BCUT2D eigenvalue weighted by molar-refractivity contribution is 5.95. The van der Waals surface area contributed by atoms with Gasteiger partial charge in [-0.2, -0.15) is 0 Å². The van der Waals surface area contributed by atoms with Crippen LogP contribution in [-0.2, 0) is 28.3 Å². The van der Waals surface area contributed by atoms with E-state index in [9.17, 15) is 24.8 Å². The lowest BCUT2D eigenvalue weighted by molar-refractivity contribution is -0.384. The lowest BCUT2D eigenvalue weighted by atomic mass is 9.86. The first-order valence-electron chi connectivity index (χ1n) is 11.8. The van der Waals surface area contributed by atoms with Gasteiger partial charge < -0.3 is 24.6 Å². The molecule has 3 aromatic rings. The second-order valence-corrected chi connectivity index (χ2v) is 9.50. The zero-order chi connectivity index (χ0) is 25.8. The average Bonchev–Trinajstić information content (AvgIpc) is 3.20. The number of rotatable bonds is 7. The van der Waals surface area contributed by atoms with Gasteiger partial charge in [0.1, 0.15) is 6.61 Å². The Labute approximate surface area is 206 Å². The van der Waals surface area contributed by atoms with Crippen LogP contribution in [-0.4, -0.2) is 57.6 Å². The SMILES string of the molecule is CC[C@@]1(O)C(=O)OCc2c1cc1n(c2=O)Cc2cc3cc([N+](=O)[O-])cc(NCCCN(C)C)c3nc2-1. The minimum Gasteiger partial charge on any atom is -0.458 e. The van der Waals surface area contributed by atoms with Crippen LogP contribution in [0.2, 0.25) is 0 Å². The van der Waals surface area contributed by atoms with E-state index >= 15 is 0 Å². The van der Waals surface area contributed by atoms with Crippen molar-refractivity contribution in [3.05, 3.63) is 61.4 Å². The summed E-state index contributed by atoms with van der Waals surface area (Å²) in [7, 11) is 3.95. The van der Waals surface area contributed by atoms with Crippen molar-refractivity contribution >= 4 is 28.2 Å². The molecule has 36 heavy (non-hydrogen) atoms. The van der Waals surface area contributed by atoms with E-state index in [1.54, 1.807) is 17.6 Å². The van der Waals surface area contributed by atoms with Crippen LogP contribution in [0.3, 0.4) is 0 Å². The fraction of sp³-hybridized carbons (Fsp3) is 0.400. The Morgan fingerprint density at radius 3 is 2.75 bits per heavy atom. The highest BCUT2D eigenvalue weighted by Crippen LogP contribution is 2.40. The Hall–Kier alpha value is -3.83. The van der Waals surface area contributed by atoms with E-state index in [1.807, 2.05) is 20.2 Å². The molecular weight excluding hydrogens is 466 g/mol. The molecule has 0 saturated carbocycles. The van der Waals surface area contributed by atoms with E-state index in [0.29, 0.717) is 34.5 Å². The summed E-state index contributed by atoms with van der Waals surface area (Å²) in [5, 5.41) is 26.5. The third kappa shape index (κ3) is 3.71. The molecule has 11 nitrogen and oxygen atoms in total. The van der Waals surface area contributed by atoms with Crippen molar-refractivity contribution < 1.29 is 19.6 Å². The van der Waals surface area contributed by atoms with Gasteiger partial charge >= 0.3 is 5.97 Å². The van der Waals surface area contributed by atoms with E-state index < -0.39 is 16.5 Å². The molecule has 2 aliphatic heterocycles. The first-order chi connectivity index (χ1) is 17.1. The van der Waals surface area contributed by atoms with E-state index in [4.69, 9.17) is 9.72 Å². The van der Waals surface area contributed by atoms with Gasteiger partial charge in [0, 0.05) is 35.2 Å². The summed E-state index contributed by atoms with van der Waals surface area (Å²) < 4.78 is 6.66. The van der Waals surface area contributed by atoms with Crippen LogP contribution in [0, 0.1) is 10.1 Å². The van der Waals surface area contributed by atoms with Gasteiger partial charge in [-0.15, -0.1) is 0 Å². The third-order valence-corrected chi connectivity index (χ3v) is 6.90. The number of ether oxygens (including phenoxy) is 1. The van der Waals surface area contributed by atoms with E-state index in [-0.39, 0.29) is 41.9 Å². The van der Waals surface area contributed by atoms with Crippen molar-refractivity contribution in [2.24, 2.45) is 0 Å². The number of nitrogens with zero attached hydrogens (tertiary/aromatic N) is 4. The Morgan fingerprint density at radius 1 is 1.28 bits per heavy atom. The molecule has 0 radical (unpaired) electrons. The minimum absolute atomic E-state index is 0.0498. The van der Waals surface area contributed by atoms with Gasteiger partial charge in [0.2, 0.25) is 0 Å². The summed E-state index contributed by atoms with van der Waals surface area (Å²) in [6.07, 6.45) is 0.891. The summed E-state index contributed by atoms with van der Waals surface area (Å²) in [4.78, 5) is 43.8. The summed E-state index contributed by atoms with van der Waals surface area (Å²) in [5.74, 6) is -0.775. The van der Waals surface area contributed by atoms with Gasteiger partial charge in [0.05, 0.1) is 39.6 Å². The molecule has 2 aliphatic rings. The number of hydrogen-bond acceptors (Lipinski definition) is 9. The first-order valence-corrected chi connectivity index (χ1v) is 11.8. The highest BCUT2D eigenvalue weighted by atomic mass is 16.6. The fourth-order valence-corrected chi connectivity index (χ4v) is 4.94. The van der Waals surface area contributed by atoms with Gasteiger partial charge in [0.15, 0.2) is 5.60 Å². The van der Waals surface area contributed by atoms with Gasteiger partial charge in [-0.05, 0) is 45.6 Å². The van der Waals surface area contributed by atoms with Gasteiger partial charge in [-0.1, -0.05) is 6.92 Å². The van der Waals surface area contributed by atoms with Crippen LogP contribution in [0.15, 0.2) is 29.1 Å². The highest BCUT2D eigenvalue weighted by Gasteiger charge is 2.45. The number of anilines is 1. The average molecular weight is 494 g/mol. The second-order valence-electron chi connectivity index (χ2n) is 9.50. The van der Waals surface area contributed by atoms with Crippen LogP contribution in [0.25, 0.3) is 22.3 Å². The van der Waals surface area contributed by atoms with E-state index in [1.165, 1.54) is 12.1 Å². The van der Waals surface area contributed by atoms with Crippen LogP contribution < -0.4 is 10.9 Å². The predicted molar refractivity (Wildman–Crippen MR) is 133 cm³/mol. The Balaban J connectivity index is 1.65. The van der Waals surface area contributed by atoms with Crippen molar-refractivity contribution in [3.8, 4) is 11.4 Å². The molecule has 1 atom stereocenters. The number of aromatic nitrogens is 2. The third-order valence-electron chi connectivity index (χ3n) is 6.90. The number of cyclic esters (lactones) is 1. The number of aliphatic hydroxyl groups is 1. The van der Waals surface area contributed by atoms with Gasteiger partial charge in [-0.25, -0.2) is 9.78 Å². The molecule has 11 heteroatoms. The number of nitrogens with one attached hydrogen (secondary N) is 1. The number of carbonyl (C=O) groups excluding carboxylic acids is 1. The van der Waals surface area contributed by atoms with Gasteiger partial charge in [0.25, 0.3) is 11.2 Å². The van der Waals surface area contributed by atoms with Crippen LogP contribution in [0.4, 0.5) is 11.4 Å². The van der Waals surface area contributed by atoms with E-state index in [0.717, 1.165) is 18.5 Å². The first kappa shape index (κ1) is 23.9. The zero-order valence-corrected chi connectivity index (χ0v) is 20.3. The molecule has 0 amide bonds. The quantitative estimate of drug-likeness (QED) is 0.172. The second kappa shape index (κ2) is 8.68.